The van der Waals surface area contributed by atoms with Gasteiger partial charge in [-0.3, -0.25) is 9.38 Å². The Bertz CT molecular complexity index is 1030. The van der Waals surface area contributed by atoms with Crippen molar-refractivity contribution in [1.82, 2.24) is 19.6 Å². The summed E-state index contributed by atoms with van der Waals surface area (Å²) < 4.78 is 8.43. The highest BCUT2D eigenvalue weighted by Crippen LogP contribution is 2.27. The third-order valence-electron chi connectivity index (χ3n) is 4.31. The van der Waals surface area contributed by atoms with Crippen LogP contribution in [0.3, 0.4) is 0 Å². The topological polar surface area (TPSA) is 55.5 Å². The van der Waals surface area contributed by atoms with Crippen LogP contribution >= 0.6 is 27.7 Å². The first-order valence-corrected chi connectivity index (χ1v) is 10.6. The molecule has 1 aliphatic heterocycles. The predicted octanol–water partition coefficient (Wildman–Crippen LogP) is 4.31. The predicted molar refractivity (Wildman–Crippen MR) is 114 cm³/mol. The summed E-state index contributed by atoms with van der Waals surface area (Å²) in [4.78, 5) is 7.81. The van der Waals surface area contributed by atoms with Gasteiger partial charge in [0, 0.05) is 34.9 Å². The number of ether oxygens (including phenoxy) is 1. The van der Waals surface area contributed by atoms with E-state index in [0.717, 1.165) is 57.7 Å². The summed E-state index contributed by atoms with van der Waals surface area (Å²) in [5.41, 5.74) is 3.07. The van der Waals surface area contributed by atoms with Crippen LogP contribution in [-0.4, -0.2) is 45.9 Å². The zero-order chi connectivity index (χ0) is 19.3. The average Bonchev–Trinajstić information content (AvgIpc) is 3.09. The Hall–Kier alpha value is -2.16. The Morgan fingerprint density at radius 1 is 1.11 bits per heavy atom. The Morgan fingerprint density at radius 3 is 2.82 bits per heavy atom. The lowest BCUT2D eigenvalue weighted by Gasteiger charge is -2.28. The smallest absolute Gasteiger partial charge is 0.200 e. The van der Waals surface area contributed by atoms with Crippen LogP contribution in [0.5, 0.6) is 0 Å². The summed E-state index contributed by atoms with van der Waals surface area (Å²) in [6.07, 6.45) is 5.70. The summed E-state index contributed by atoms with van der Waals surface area (Å²) in [7, 11) is 0. The van der Waals surface area contributed by atoms with E-state index in [2.05, 4.69) is 55.1 Å². The molecule has 0 amide bonds. The molecule has 0 aromatic carbocycles. The molecule has 0 bridgehead atoms. The summed E-state index contributed by atoms with van der Waals surface area (Å²) in [6.45, 7) is 5.37. The first kappa shape index (κ1) is 19.2. The van der Waals surface area contributed by atoms with Gasteiger partial charge in [-0.2, -0.15) is 0 Å². The SMILES string of the molecule is Cc1cc(Sc2nnc3ccc(Br)cn23)cccncc(N2CCOCC2)c1. The lowest BCUT2D eigenvalue weighted by Crippen LogP contribution is -2.36. The molecule has 3 aromatic heterocycles. The number of nitrogens with zero attached hydrogens (tertiary/aromatic N) is 5. The van der Waals surface area contributed by atoms with Crippen LogP contribution in [0.2, 0.25) is 0 Å². The highest BCUT2D eigenvalue weighted by Gasteiger charge is 2.11. The molecule has 144 valence electrons. The molecule has 1 aliphatic rings. The molecule has 1 saturated heterocycles. The first-order valence-electron chi connectivity index (χ1n) is 9.00. The molecular formula is C20H20BrN5OS. The van der Waals surface area contributed by atoms with Crippen LogP contribution in [0.1, 0.15) is 5.56 Å². The van der Waals surface area contributed by atoms with Crippen molar-refractivity contribution < 1.29 is 4.74 Å². The molecule has 8 heteroatoms. The number of aryl methyl sites for hydroxylation is 1. The molecule has 0 atom stereocenters. The lowest BCUT2D eigenvalue weighted by atomic mass is 10.2. The number of rotatable bonds is 3. The number of halogens is 1. The van der Waals surface area contributed by atoms with Gasteiger partial charge in [-0.25, -0.2) is 0 Å². The number of morpholine rings is 1. The van der Waals surface area contributed by atoms with Crippen molar-refractivity contribution in [3.05, 3.63) is 65.0 Å². The summed E-state index contributed by atoms with van der Waals surface area (Å²) in [5, 5.41) is 9.40. The molecule has 1 fully saturated rings. The van der Waals surface area contributed by atoms with E-state index in [9.17, 15) is 0 Å². The van der Waals surface area contributed by atoms with Gasteiger partial charge in [0.25, 0.3) is 0 Å². The number of pyridine rings is 1. The van der Waals surface area contributed by atoms with Crippen molar-refractivity contribution in [3.63, 3.8) is 0 Å². The minimum absolute atomic E-state index is 0.750. The molecule has 6 nitrogen and oxygen atoms in total. The normalized spacial score (nSPS) is 14.1. The zero-order valence-electron chi connectivity index (χ0n) is 15.5. The fourth-order valence-electron chi connectivity index (χ4n) is 2.97. The van der Waals surface area contributed by atoms with Gasteiger partial charge < -0.3 is 9.64 Å². The molecular weight excluding hydrogens is 438 g/mol. The Balaban J connectivity index is 1.69. The van der Waals surface area contributed by atoms with Crippen LogP contribution in [0.15, 0.2) is 69.5 Å². The van der Waals surface area contributed by atoms with Gasteiger partial charge in [0.15, 0.2) is 10.8 Å². The third kappa shape index (κ3) is 4.63. The maximum absolute atomic E-state index is 5.46. The number of hydrogen-bond donors (Lipinski definition) is 0. The van der Waals surface area contributed by atoms with E-state index in [1.807, 2.05) is 47.3 Å². The maximum atomic E-state index is 5.46. The zero-order valence-corrected chi connectivity index (χ0v) is 17.9. The highest BCUT2D eigenvalue weighted by molar-refractivity contribution is 9.10. The van der Waals surface area contributed by atoms with Crippen molar-refractivity contribution in [2.45, 2.75) is 17.0 Å². The minimum atomic E-state index is 0.750. The molecule has 4 rings (SSSR count). The van der Waals surface area contributed by atoms with Crippen LogP contribution in [0, 0.1) is 6.92 Å². The van der Waals surface area contributed by atoms with E-state index < -0.39 is 0 Å². The van der Waals surface area contributed by atoms with Gasteiger partial charge in [0.1, 0.15) is 0 Å². The average molecular weight is 458 g/mol. The molecule has 3 aromatic rings. The molecule has 4 heterocycles. The van der Waals surface area contributed by atoms with Crippen LogP contribution in [-0.2, 0) is 4.74 Å². The molecule has 0 radical (unpaired) electrons. The summed E-state index contributed by atoms with van der Waals surface area (Å²) in [6, 6.07) is 12.2. The van der Waals surface area contributed by atoms with Gasteiger partial charge in [-0.15, -0.1) is 10.2 Å². The molecule has 0 N–H and O–H groups in total. The van der Waals surface area contributed by atoms with E-state index >= 15 is 0 Å². The van der Waals surface area contributed by atoms with Crippen molar-refractivity contribution in [2.24, 2.45) is 0 Å². The van der Waals surface area contributed by atoms with Gasteiger partial charge >= 0.3 is 0 Å². The number of aromatic nitrogens is 4. The Morgan fingerprint density at radius 2 is 1.96 bits per heavy atom. The Kier molecular flexibility index (Phi) is 6.09. The van der Waals surface area contributed by atoms with Gasteiger partial charge in [-0.1, -0.05) is 0 Å². The minimum Gasteiger partial charge on any atom is -0.378 e. The third-order valence-corrected chi connectivity index (χ3v) is 5.72. The summed E-state index contributed by atoms with van der Waals surface area (Å²) in [5.74, 6) is 0. The monoisotopic (exact) mass is 457 g/mol. The van der Waals surface area contributed by atoms with E-state index in [4.69, 9.17) is 4.74 Å². The number of anilines is 1. The maximum Gasteiger partial charge on any atom is 0.200 e. The lowest BCUT2D eigenvalue weighted by molar-refractivity contribution is 0.122. The van der Waals surface area contributed by atoms with Crippen molar-refractivity contribution in [1.29, 1.82) is 0 Å². The molecule has 28 heavy (non-hydrogen) atoms. The van der Waals surface area contributed by atoms with Crippen molar-refractivity contribution in [3.8, 4) is 0 Å². The van der Waals surface area contributed by atoms with E-state index in [0.29, 0.717) is 0 Å². The molecule has 0 unspecified atom stereocenters. The second-order valence-corrected chi connectivity index (χ2v) is 8.36. The van der Waals surface area contributed by atoms with Crippen molar-refractivity contribution in [2.75, 3.05) is 31.2 Å². The van der Waals surface area contributed by atoms with Crippen LogP contribution < -0.4 is 4.90 Å². The Labute approximate surface area is 176 Å². The van der Waals surface area contributed by atoms with E-state index in [1.165, 1.54) is 0 Å². The van der Waals surface area contributed by atoms with Crippen molar-refractivity contribution >= 4 is 39.0 Å². The quantitative estimate of drug-likeness (QED) is 0.583. The van der Waals surface area contributed by atoms with E-state index in [1.54, 1.807) is 11.8 Å². The number of fused-ring (bicyclic) bond motifs is 1. The standard InChI is InChI=1S/C20H20BrN5OS/c1-15-11-17(25-7-9-27-10-8-25)13-22-6-2-3-18(12-15)28-20-24-23-19-5-4-16(21)14-26(19)20/h2-6,11-14H,7-10H2,1H3. The van der Waals surface area contributed by atoms with Crippen LogP contribution in [0.25, 0.3) is 5.65 Å². The number of hydrogen-bond acceptors (Lipinski definition) is 6. The van der Waals surface area contributed by atoms with Gasteiger partial charge in [-0.05, 0) is 76.6 Å². The van der Waals surface area contributed by atoms with E-state index in [-0.39, 0.29) is 0 Å². The second-order valence-electron chi connectivity index (χ2n) is 6.41. The molecule has 0 saturated carbocycles. The first-order chi connectivity index (χ1) is 13.7. The van der Waals surface area contributed by atoms with Crippen LogP contribution in [0.4, 0.5) is 5.69 Å². The van der Waals surface area contributed by atoms with Gasteiger partial charge in [0.2, 0.25) is 0 Å². The summed E-state index contributed by atoms with van der Waals surface area (Å²) >= 11 is 5.09. The fourth-order valence-corrected chi connectivity index (χ4v) is 4.23. The molecule has 0 aliphatic carbocycles. The highest BCUT2D eigenvalue weighted by atomic mass is 79.9. The second kappa shape index (κ2) is 8.89. The fraction of sp³-hybridized carbons (Fsp3) is 0.250. The largest absolute Gasteiger partial charge is 0.378 e. The van der Waals surface area contributed by atoms with Gasteiger partial charge in [0.05, 0.1) is 25.1 Å². The molecule has 0 spiro atoms.